The van der Waals surface area contributed by atoms with Gasteiger partial charge in [-0.2, -0.15) is 0 Å². The van der Waals surface area contributed by atoms with E-state index >= 15 is 0 Å². The summed E-state index contributed by atoms with van der Waals surface area (Å²) < 4.78 is 5.82. The molecule has 3 aliphatic rings. The zero-order chi connectivity index (χ0) is 17.9. The van der Waals surface area contributed by atoms with E-state index in [0.717, 1.165) is 25.1 Å². The highest BCUT2D eigenvalue weighted by molar-refractivity contribution is 5.91. The van der Waals surface area contributed by atoms with Gasteiger partial charge in [0, 0.05) is 26.3 Å². The largest absolute Gasteiger partial charge is 0.378 e. The van der Waals surface area contributed by atoms with Gasteiger partial charge in [-0.1, -0.05) is 12.1 Å². The van der Waals surface area contributed by atoms with Crippen LogP contribution in [-0.2, 0) is 14.9 Å². The number of nitrogens with two attached hydrogens (primary N) is 1. The number of benzene rings is 1. The maximum Gasteiger partial charge on any atom is 0.223 e. The molecule has 1 amide bonds. The first-order chi connectivity index (χ1) is 12.0. The highest BCUT2D eigenvalue weighted by atomic mass is 16.5. The maximum absolute atomic E-state index is 12.0. The summed E-state index contributed by atoms with van der Waals surface area (Å²) in [5, 5.41) is 0. The van der Waals surface area contributed by atoms with Gasteiger partial charge >= 0.3 is 0 Å². The molecule has 138 valence electrons. The third kappa shape index (κ3) is 3.61. The standard InChI is InChI=1S/C21H32N2O2/c1-17(24)23(16-4-3-15-22)19-7-5-18(6-8-19)20-9-12-21(25-2,13-10-20)14-11-20/h5-8H,3-4,9-16,22H2,1-2H3. The van der Waals surface area contributed by atoms with Crippen molar-refractivity contribution in [1.82, 2.24) is 0 Å². The van der Waals surface area contributed by atoms with Gasteiger partial charge < -0.3 is 15.4 Å². The van der Waals surface area contributed by atoms with E-state index in [4.69, 9.17) is 10.5 Å². The quantitative estimate of drug-likeness (QED) is 0.766. The Morgan fingerprint density at radius 1 is 1.08 bits per heavy atom. The maximum atomic E-state index is 12.0. The van der Waals surface area contributed by atoms with E-state index in [2.05, 4.69) is 24.3 Å². The lowest BCUT2D eigenvalue weighted by Gasteiger charge is -2.53. The number of nitrogens with zero attached hydrogens (tertiary/aromatic N) is 1. The summed E-state index contributed by atoms with van der Waals surface area (Å²) in [6, 6.07) is 8.75. The Hall–Kier alpha value is -1.39. The lowest BCUT2D eigenvalue weighted by atomic mass is 9.56. The van der Waals surface area contributed by atoms with Crippen molar-refractivity contribution in [3.8, 4) is 0 Å². The molecule has 0 atom stereocenters. The van der Waals surface area contributed by atoms with Crippen LogP contribution in [0.3, 0.4) is 0 Å². The van der Waals surface area contributed by atoms with Crippen LogP contribution in [0.5, 0.6) is 0 Å². The molecule has 4 heteroatoms. The van der Waals surface area contributed by atoms with Crippen LogP contribution >= 0.6 is 0 Å². The Kier molecular flexibility index (Phi) is 5.49. The number of carbonyl (C=O) groups excluding carboxylic acids is 1. The molecule has 25 heavy (non-hydrogen) atoms. The zero-order valence-electron chi connectivity index (χ0n) is 15.7. The predicted octanol–water partition coefficient (Wildman–Crippen LogP) is 3.77. The van der Waals surface area contributed by atoms with Gasteiger partial charge in [-0.05, 0) is 81.0 Å². The summed E-state index contributed by atoms with van der Waals surface area (Å²) >= 11 is 0. The van der Waals surface area contributed by atoms with E-state index in [9.17, 15) is 4.79 Å². The first-order valence-electron chi connectivity index (χ1n) is 9.68. The fraction of sp³-hybridized carbons (Fsp3) is 0.667. The molecule has 2 bridgehead atoms. The molecule has 4 rings (SSSR count). The molecule has 0 unspecified atom stereocenters. The van der Waals surface area contributed by atoms with Crippen LogP contribution in [0.4, 0.5) is 5.69 Å². The zero-order valence-corrected chi connectivity index (χ0v) is 15.7. The van der Waals surface area contributed by atoms with Crippen molar-refractivity contribution in [3.05, 3.63) is 29.8 Å². The lowest BCUT2D eigenvalue weighted by Crippen LogP contribution is -2.49. The Balaban J connectivity index is 1.73. The van der Waals surface area contributed by atoms with Crippen LogP contribution in [0.1, 0.15) is 63.9 Å². The first kappa shape index (κ1) is 18.4. The topological polar surface area (TPSA) is 55.6 Å². The van der Waals surface area contributed by atoms with Crippen molar-refractivity contribution in [2.75, 3.05) is 25.1 Å². The minimum atomic E-state index is 0.100. The number of carbonyl (C=O) groups is 1. The molecule has 3 saturated carbocycles. The molecule has 0 radical (unpaired) electrons. The van der Waals surface area contributed by atoms with Gasteiger partial charge in [-0.15, -0.1) is 0 Å². The molecule has 0 spiro atoms. The minimum absolute atomic E-state index is 0.100. The van der Waals surface area contributed by atoms with Gasteiger partial charge in [0.05, 0.1) is 5.60 Å². The van der Waals surface area contributed by atoms with Crippen LogP contribution in [0.2, 0.25) is 0 Å². The van der Waals surface area contributed by atoms with Gasteiger partial charge in [0.1, 0.15) is 0 Å². The summed E-state index contributed by atoms with van der Waals surface area (Å²) in [4.78, 5) is 13.9. The molecule has 4 nitrogen and oxygen atoms in total. The predicted molar refractivity (Wildman–Crippen MR) is 102 cm³/mol. The molecule has 3 fully saturated rings. The number of amides is 1. The Bertz CT molecular complexity index is 572. The summed E-state index contributed by atoms with van der Waals surface area (Å²) in [6.07, 6.45) is 9.05. The highest BCUT2D eigenvalue weighted by Gasteiger charge is 2.49. The van der Waals surface area contributed by atoms with Gasteiger partial charge in [-0.25, -0.2) is 0 Å². The van der Waals surface area contributed by atoms with E-state index < -0.39 is 0 Å². The number of ether oxygens (including phenoxy) is 1. The third-order valence-electron chi connectivity index (χ3n) is 6.62. The fourth-order valence-electron chi connectivity index (χ4n) is 4.77. The molecule has 3 aliphatic carbocycles. The Morgan fingerprint density at radius 3 is 2.16 bits per heavy atom. The second-order valence-electron chi connectivity index (χ2n) is 7.88. The number of anilines is 1. The van der Waals surface area contributed by atoms with E-state index in [1.807, 2.05) is 12.0 Å². The molecular formula is C21H32N2O2. The van der Waals surface area contributed by atoms with Crippen molar-refractivity contribution in [2.45, 2.75) is 69.3 Å². The normalized spacial score (nSPS) is 28.1. The monoisotopic (exact) mass is 344 g/mol. The molecule has 0 saturated heterocycles. The Labute approximate surface area is 151 Å². The molecule has 0 heterocycles. The summed E-state index contributed by atoms with van der Waals surface area (Å²) in [6.45, 7) is 3.06. The summed E-state index contributed by atoms with van der Waals surface area (Å²) in [5.74, 6) is 0.100. The average molecular weight is 344 g/mol. The number of hydrogen-bond donors (Lipinski definition) is 1. The Morgan fingerprint density at radius 2 is 1.68 bits per heavy atom. The van der Waals surface area contributed by atoms with Gasteiger partial charge in [0.25, 0.3) is 0 Å². The first-order valence-corrected chi connectivity index (χ1v) is 9.68. The van der Waals surface area contributed by atoms with Crippen molar-refractivity contribution >= 4 is 11.6 Å². The highest BCUT2D eigenvalue weighted by Crippen LogP contribution is 2.54. The van der Waals surface area contributed by atoms with Crippen LogP contribution in [0, 0.1) is 0 Å². The van der Waals surface area contributed by atoms with E-state index in [1.54, 1.807) is 6.92 Å². The van der Waals surface area contributed by atoms with Gasteiger partial charge in [0.2, 0.25) is 5.91 Å². The lowest BCUT2D eigenvalue weighted by molar-refractivity contribution is -0.116. The average Bonchev–Trinajstić information content (AvgIpc) is 2.67. The molecule has 1 aromatic carbocycles. The molecule has 2 N–H and O–H groups in total. The van der Waals surface area contributed by atoms with Crippen LogP contribution < -0.4 is 10.6 Å². The molecule has 1 aromatic rings. The number of rotatable bonds is 7. The van der Waals surface area contributed by atoms with Crippen LogP contribution in [0.15, 0.2) is 24.3 Å². The fourth-order valence-corrected chi connectivity index (χ4v) is 4.77. The second-order valence-corrected chi connectivity index (χ2v) is 7.88. The van der Waals surface area contributed by atoms with E-state index in [1.165, 1.54) is 44.1 Å². The van der Waals surface area contributed by atoms with Crippen molar-refractivity contribution in [2.24, 2.45) is 5.73 Å². The third-order valence-corrected chi connectivity index (χ3v) is 6.62. The summed E-state index contributed by atoms with van der Waals surface area (Å²) in [5.41, 5.74) is 8.48. The SMILES string of the molecule is COC12CCC(c3ccc(N(CCCCN)C(C)=O)cc3)(CC1)CC2. The van der Waals surface area contributed by atoms with Crippen LogP contribution in [-0.4, -0.2) is 31.7 Å². The van der Waals surface area contributed by atoms with Crippen molar-refractivity contribution in [3.63, 3.8) is 0 Å². The molecule has 0 aromatic heterocycles. The van der Waals surface area contributed by atoms with Crippen LogP contribution in [0.25, 0.3) is 0 Å². The number of methoxy groups -OCH3 is 1. The van der Waals surface area contributed by atoms with Crippen molar-refractivity contribution in [1.29, 1.82) is 0 Å². The number of hydrogen-bond acceptors (Lipinski definition) is 3. The number of unbranched alkanes of at least 4 members (excludes halogenated alkanes) is 1. The van der Waals surface area contributed by atoms with Crippen molar-refractivity contribution < 1.29 is 9.53 Å². The van der Waals surface area contributed by atoms with Gasteiger partial charge in [-0.3, -0.25) is 4.79 Å². The molecular weight excluding hydrogens is 312 g/mol. The smallest absolute Gasteiger partial charge is 0.223 e. The summed E-state index contributed by atoms with van der Waals surface area (Å²) in [7, 11) is 1.87. The molecule has 0 aliphatic heterocycles. The minimum Gasteiger partial charge on any atom is -0.378 e. The second kappa shape index (κ2) is 7.46. The number of fused-ring (bicyclic) bond motifs is 3. The van der Waals surface area contributed by atoms with E-state index in [-0.39, 0.29) is 11.5 Å². The van der Waals surface area contributed by atoms with E-state index in [0.29, 0.717) is 12.0 Å². The van der Waals surface area contributed by atoms with Gasteiger partial charge in [0.15, 0.2) is 0 Å².